The summed E-state index contributed by atoms with van der Waals surface area (Å²) in [6.45, 7) is 10.8. The highest BCUT2D eigenvalue weighted by Crippen LogP contribution is 2.25. The summed E-state index contributed by atoms with van der Waals surface area (Å²) in [7, 11) is 0. The summed E-state index contributed by atoms with van der Waals surface area (Å²) in [6.07, 6.45) is 11.9. The molecule has 0 saturated carbocycles. The molecule has 194 valence electrons. The molecular weight excluding hydrogens is 464 g/mol. The first-order valence-electron chi connectivity index (χ1n) is 13.1. The van der Waals surface area contributed by atoms with Crippen molar-refractivity contribution in [3.05, 3.63) is 60.5 Å². The number of nitrogens with one attached hydrogen (secondary N) is 3. The topological polar surface area (TPSA) is 100 Å². The van der Waals surface area contributed by atoms with Crippen molar-refractivity contribution >= 4 is 22.8 Å². The number of piperidine rings is 1. The van der Waals surface area contributed by atoms with E-state index < -0.39 is 0 Å². The monoisotopic (exact) mass is 500 g/mol. The van der Waals surface area contributed by atoms with Crippen molar-refractivity contribution in [3.8, 4) is 11.1 Å². The molecule has 2 aliphatic rings. The lowest BCUT2D eigenvalue weighted by Gasteiger charge is -2.33. The minimum atomic E-state index is 0.0649. The number of carbonyl (C=O) groups is 1. The summed E-state index contributed by atoms with van der Waals surface area (Å²) in [4.78, 5) is 23.7. The molecule has 37 heavy (non-hydrogen) atoms. The molecule has 0 spiro atoms. The number of aromatic nitrogens is 4. The summed E-state index contributed by atoms with van der Waals surface area (Å²) < 4.78 is 2.02. The second kappa shape index (κ2) is 10.6. The minimum Gasteiger partial charge on any atom is -0.342 e. The van der Waals surface area contributed by atoms with Crippen LogP contribution in [0.4, 0.5) is 5.82 Å². The molecule has 5 heterocycles. The van der Waals surface area contributed by atoms with Gasteiger partial charge in [0, 0.05) is 55.3 Å². The molecule has 3 aromatic heterocycles. The average Bonchev–Trinajstić information content (AvgIpc) is 3.37. The van der Waals surface area contributed by atoms with Gasteiger partial charge in [0.1, 0.15) is 11.6 Å². The fourth-order valence-corrected chi connectivity index (χ4v) is 4.79. The van der Waals surface area contributed by atoms with E-state index in [-0.39, 0.29) is 11.8 Å². The molecule has 0 radical (unpaired) electrons. The van der Waals surface area contributed by atoms with Gasteiger partial charge in [-0.1, -0.05) is 27.7 Å². The molecule has 2 aliphatic heterocycles. The van der Waals surface area contributed by atoms with E-state index in [2.05, 4.69) is 58.4 Å². The molecule has 0 aliphatic carbocycles. The highest BCUT2D eigenvalue weighted by molar-refractivity contribution is 5.81. The summed E-state index contributed by atoms with van der Waals surface area (Å²) >= 11 is 0. The molecule has 0 unspecified atom stereocenters. The molecule has 1 amide bonds. The molecule has 3 N–H and O–H groups in total. The number of hydrogen-bond acceptors (Lipinski definition) is 7. The number of anilines is 1. The van der Waals surface area contributed by atoms with Gasteiger partial charge in [-0.2, -0.15) is 5.10 Å². The molecule has 0 atom stereocenters. The number of pyridine rings is 2. The second-order valence-electron chi connectivity index (χ2n) is 10.6. The Morgan fingerprint density at radius 1 is 1.11 bits per heavy atom. The van der Waals surface area contributed by atoms with Crippen molar-refractivity contribution in [2.75, 3.05) is 18.4 Å². The first-order valence-corrected chi connectivity index (χ1v) is 13.1. The summed E-state index contributed by atoms with van der Waals surface area (Å²) in [5.74, 6) is 2.87. The van der Waals surface area contributed by atoms with E-state index in [4.69, 9.17) is 4.98 Å². The first kappa shape index (κ1) is 24.8. The van der Waals surface area contributed by atoms with Crippen LogP contribution in [0.15, 0.2) is 60.5 Å². The zero-order valence-corrected chi connectivity index (χ0v) is 22.0. The van der Waals surface area contributed by atoms with Gasteiger partial charge in [-0.15, -0.1) is 0 Å². The maximum Gasteiger partial charge on any atom is 0.225 e. The maximum atomic E-state index is 12.3. The fourth-order valence-electron chi connectivity index (χ4n) is 4.79. The number of hydrogen-bond donors (Lipinski definition) is 3. The van der Waals surface area contributed by atoms with E-state index in [1.54, 1.807) is 0 Å². The number of carbonyl (C=O) groups excluding carboxylic acids is 1. The SMILES string of the molecule is CC(C)C(=O)N1CCC(Cn2cc(-c3cnc4ccc(NC5=CC(C(C)C)=CNN5)nc4c3)cn2)CC1. The Morgan fingerprint density at radius 2 is 1.92 bits per heavy atom. The van der Waals surface area contributed by atoms with Crippen molar-refractivity contribution < 1.29 is 4.79 Å². The molecule has 1 fully saturated rings. The van der Waals surface area contributed by atoms with Gasteiger partial charge < -0.3 is 15.6 Å². The van der Waals surface area contributed by atoms with E-state index in [0.29, 0.717) is 11.8 Å². The molecule has 3 aromatic rings. The van der Waals surface area contributed by atoms with Gasteiger partial charge >= 0.3 is 0 Å². The molecular formula is C28H36N8O. The number of hydrazine groups is 1. The van der Waals surface area contributed by atoms with Crippen LogP contribution in [0.5, 0.6) is 0 Å². The van der Waals surface area contributed by atoms with E-state index >= 15 is 0 Å². The molecule has 9 heteroatoms. The lowest BCUT2D eigenvalue weighted by Crippen LogP contribution is -2.41. The summed E-state index contributed by atoms with van der Waals surface area (Å²) in [5, 5.41) is 7.96. The van der Waals surface area contributed by atoms with Crippen LogP contribution in [-0.2, 0) is 11.3 Å². The summed E-state index contributed by atoms with van der Waals surface area (Å²) in [5.41, 5.74) is 11.1. The van der Waals surface area contributed by atoms with Crippen molar-refractivity contribution in [2.24, 2.45) is 17.8 Å². The van der Waals surface area contributed by atoms with Crippen LogP contribution in [0.1, 0.15) is 40.5 Å². The largest absolute Gasteiger partial charge is 0.342 e. The second-order valence-corrected chi connectivity index (χ2v) is 10.6. The van der Waals surface area contributed by atoms with Gasteiger partial charge in [-0.25, -0.2) is 4.98 Å². The van der Waals surface area contributed by atoms with Gasteiger partial charge in [0.15, 0.2) is 0 Å². The predicted octanol–water partition coefficient (Wildman–Crippen LogP) is 4.29. The highest BCUT2D eigenvalue weighted by atomic mass is 16.2. The first-order chi connectivity index (χ1) is 17.9. The third-order valence-corrected chi connectivity index (χ3v) is 7.06. The fraction of sp³-hybridized carbons (Fsp3) is 0.429. The van der Waals surface area contributed by atoms with Crippen LogP contribution in [0.3, 0.4) is 0 Å². The quantitative estimate of drug-likeness (QED) is 0.445. The number of allylic oxidation sites excluding steroid dienone is 2. The lowest BCUT2D eigenvalue weighted by molar-refractivity contribution is -0.135. The van der Waals surface area contributed by atoms with Gasteiger partial charge in [0.05, 0.1) is 17.2 Å². The van der Waals surface area contributed by atoms with Gasteiger partial charge in [-0.05, 0) is 54.5 Å². The van der Waals surface area contributed by atoms with Gasteiger partial charge in [0.2, 0.25) is 5.91 Å². The van der Waals surface area contributed by atoms with Crippen LogP contribution in [0, 0.1) is 17.8 Å². The number of nitrogens with zero attached hydrogens (tertiary/aromatic N) is 5. The van der Waals surface area contributed by atoms with E-state index in [9.17, 15) is 4.79 Å². The maximum absolute atomic E-state index is 12.3. The third kappa shape index (κ3) is 5.76. The Bertz CT molecular complexity index is 1330. The Morgan fingerprint density at radius 3 is 2.68 bits per heavy atom. The molecule has 0 aromatic carbocycles. The zero-order chi connectivity index (χ0) is 25.9. The summed E-state index contributed by atoms with van der Waals surface area (Å²) in [6, 6.07) is 5.97. The van der Waals surface area contributed by atoms with Crippen LogP contribution >= 0.6 is 0 Å². The number of amides is 1. The number of likely N-dealkylation sites (tertiary alicyclic amines) is 1. The van der Waals surface area contributed by atoms with Crippen LogP contribution in [-0.4, -0.2) is 43.6 Å². The van der Waals surface area contributed by atoms with E-state index in [1.807, 2.05) is 54.2 Å². The normalized spacial score (nSPS) is 16.4. The molecule has 9 nitrogen and oxygen atoms in total. The highest BCUT2D eigenvalue weighted by Gasteiger charge is 2.24. The minimum absolute atomic E-state index is 0.0649. The molecule has 1 saturated heterocycles. The van der Waals surface area contributed by atoms with Crippen molar-refractivity contribution in [3.63, 3.8) is 0 Å². The Balaban J connectivity index is 1.25. The third-order valence-electron chi connectivity index (χ3n) is 7.06. The van der Waals surface area contributed by atoms with Gasteiger partial charge in [0.25, 0.3) is 0 Å². The van der Waals surface area contributed by atoms with Crippen LogP contribution < -0.4 is 16.2 Å². The Labute approximate surface area is 218 Å². The van der Waals surface area contributed by atoms with E-state index in [1.165, 1.54) is 5.57 Å². The van der Waals surface area contributed by atoms with Crippen LogP contribution in [0.25, 0.3) is 22.2 Å². The smallest absolute Gasteiger partial charge is 0.225 e. The Hall–Kier alpha value is -3.88. The van der Waals surface area contributed by atoms with Gasteiger partial charge in [-0.3, -0.25) is 19.9 Å². The number of rotatable bonds is 7. The lowest BCUT2D eigenvalue weighted by atomic mass is 9.96. The van der Waals surface area contributed by atoms with E-state index in [0.717, 1.165) is 66.3 Å². The Kier molecular flexibility index (Phi) is 7.12. The molecule has 0 bridgehead atoms. The molecule has 5 rings (SSSR count). The zero-order valence-electron chi connectivity index (χ0n) is 22.0. The van der Waals surface area contributed by atoms with Crippen molar-refractivity contribution in [1.82, 2.24) is 35.5 Å². The standard InChI is InChI=1S/C28H36N8O/c1-18(2)21-12-27(34-30-14-21)33-26-6-5-24-25(32-26)11-22(13-29-24)23-15-31-36(17-23)16-20-7-9-35(10-8-20)28(37)19(3)4/h5-6,11-15,17-20,30,34H,7-10,16H2,1-4H3,(H,32,33). The van der Waals surface area contributed by atoms with Crippen molar-refractivity contribution in [2.45, 2.75) is 47.1 Å². The van der Waals surface area contributed by atoms with Crippen molar-refractivity contribution in [1.29, 1.82) is 0 Å². The number of fused-ring (bicyclic) bond motifs is 1. The predicted molar refractivity (Wildman–Crippen MR) is 146 cm³/mol. The van der Waals surface area contributed by atoms with Crippen LogP contribution in [0.2, 0.25) is 0 Å². The average molecular weight is 501 g/mol.